The van der Waals surface area contributed by atoms with Gasteiger partial charge in [-0.3, -0.25) is 4.79 Å². The molecule has 0 fully saturated rings. The number of nitrogens with one attached hydrogen (secondary N) is 1. The van der Waals surface area contributed by atoms with Crippen molar-refractivity contribution in [2.24, 2.45) is 5.92 Å². The van der Waals surface area contributed by atoms with E-state index in [9.17, 15) is 4.79 Å². The molecule has 0 amide bonds. The van der Waals surface area contributed by atoms with E-state index < -0.39 is 0 Å². The van der Waals surface area contributed by atoms with Gasteiger partial charge in [0.25, 0.3) is 0 Å². The van der Waals surface area contributed by atoms with Crippen LogP contribution in [-0.2, 0) is 14.3 Å². The molecule has 1 rings (SSSR count). The van der Waals surface area contributed by atoms with Crippen molar-refractivity contribution in [3.8, 4) is 5.75 Å². The quantitative estimate of drug-likeness (QED) is 0.297. The highest BCUT2D eigenvalue weighted by molar-refractivity contribution is 7.81. The second-order valence-corrected chi connectivity index (χ2v) is 6.96. The standard InChI is InChI=1S/C19H31NO4S/c1-15(2)19(21)14-23-12-4-10-22-11-5-13-24-18-8-6-17(7-9-18)20-16(3)25/h6-9,15-16,20,25H,4-5,10-14H2,1-3H3. The lowest BCUT2D eigenvalue weighted by atomic mass is 10.1. The fourth-order valence-electron chi connectivity index (χ4n) is 1.94. The number of hydrogen-bond donors (Lipinski definition) is 2. The highest BCUT2D eigenvalue weighted by Gasteiger charge is 2.06. The predicted octanol–water partition coefficient (Wildman–Crippen LogP) is 3.79. The first-order chi connectivity index (χ1) is 12.0. The number of carbonyl (C=O) groups is 1. The molecule has 5 nitrogen and oxygen atoms in total. The zero-order valence-corrected chi connectivity index (χ0v) is 16.4. The highest BCUT2D eigenvalue weighted by atomic mass is 32.1. The highest BCUT2D eigenvalue weighted by Crippen LogP contribution is 2.17. The normalized spacial score (nSPS) is 12.2. The molecular weight excluding hydrogens is 338 g/mol. The van der Waals surface area contributed by atoms with Crippen LogP contribution < -0.4 is 10.1 Å². The molecule has 0 radical (unpaired) electrons. The fourth-order valence-corrected chi connectivity index (χ4v) is 2.09. The van der Waals surface area contributed by atoms with Crippen molar-refractivity contribution in [3.05, 3.63) is 24.3 Å². The Morgan fingerprint density at radius 3 is 2.20 bits per heavy atom. The summed E-state index contributed by atoms with van der Waals surface area (Å²) < 4.78 is 16.5. The van der Waals surface area contributed by atoms with Crippen LogP contribution in [0, 0.1) is 5.92 Å². The Hall–Kier alpha value is -1.24. The van der Waals surface area contributed by atoms with Crippen molar-refractivity contribution in [1.82, 2.24) is 0 Å². The van der Waals surface area contributed by atoms with E-state index in [1.54, 1.807) is 0 Å². The van der Waals surface area contributed by atoms with Crippen LogP contribution in [0.25, 0.3) is 0 Å². The SMILES string of the molecule is CC(S)Nc1ccc(OCCCOCCCOCC(=O)C(C)C)cc1. The molecular formula is C19H31NO4S. The molecule has 6 heteroatoms. The van der Waals surface area contributed by atoms with Gasteiger partial charge in [0, 0.05) is 37.8 Å². The van der Waals surface area contributed by atoms with Gasteiger partial charge in [-0.05, 0) is 37.6 Å². The van der Waals surface area contributed by atoms with Crippen LogP contribution in [0.5, 0.6) is 5.75 Å². The van der Waals surface area contributed by atoms with Gasteiger partial charge in [-0.2, -0.15) is 12.6 Å². The number of carbonyl (C=O) groups excluding carboxylic acids is 1. The first kappa shape index (κ1) is 21.8. The molecule has 0 spiro atoms. The third-order valence-corrected chi connectivity index (χ3v) is 3.53. The number of benzene rings is 1. The smallest absolute Gasteiger partial charge is 0.160 e. The monoisotopic (exact) mass is 369 g/mol. The van der Waals surface area contributed by atoms with Crippen LogP contribution in [0.3, 0.4) is 0 Å². The van der Waals surface area contributed by atoms with Gasteiger partial charge in [-0.15, -0.1) is 0 Å². The van der Waals surface area contributed by atoms with E-state index in [2.05, 4.69) is 17.9 Å². The van der Waals surface area contributed by atoms with E-state index in [1.165, 1.54) is 0 Å². The van der Waals surface area contributed by atoms with Crippen molar-refractivity contribution in [2.45, 2.75) is 39.0 Å². The Morgan fingerprint density at radius 2 is 1.60 bits per heavy atom. The molecule has 1 unspecified atom stereocenters. The minimum absolute atomic E-state index is 0.0373. The Bertz CT molecular complexity index is 477. The Kier molecular flexibility index (Phi) is 11.4. The maximum absolute atomic E-state index is 11.4. The lowest BCUT2D eigenvalue weighted by Gasteiger charge is -2.11. The number of thiol groups is 1. The summed E-state index contributed by atoms with van der Waals surface area (Å²) in [5.74, 6) is 1.03. The van der Waals surface area contributed by atoms with Gasteiger partial charge in [0.2, 0.25) is 0 Å². The number of hydrogen-bond acceptors (Lipinski definition) is 6. The third-order valence-electron chi connectivity index (χ3n) is 3.40. The van der Waals surface area contributed by atoms with Crippen LogP contribution in [0.2, 0.25) is 0 Å². The van der Waals surface area contributed by atoms with Crippen molar-refractivity contribution in [1.29, 1.82) is 0 Å². The molecule has 0 aliphatic rings. The van der Waals surface area contributed by atoms with Crippen molar-refractivity contribution >= 4 is 24.1 Å². The average molecular weight is 370 g/mol. The summed E-state index contributed by atoms with van der Waals surface area (Å²) in [4.78, 5) is 11.4. The van der Waals surface area contributed by atoms with E-state index in [4.69, 9.17) is 14.2 Å². The van der Waals surface area contributed by atoms with Gasteiger partial charge in [-0.25, -0.2) is 0 Å². The number of rotatable bonds is 14. The van der Waals surface area contributed by atoms with Gasteiger partial charge in [0.05, 0.1) is 12.0 Å². The van der Waals surface area contributed by atoms with Crippen LogP contribution >= 0.6 is 12.6 Å². The van der Waals surface area contributed by atoms with E-state index in [0.717, 1.165) is 24.3 Å². The van der Waals surface area contributed by atoms with Crippen LogP contribution in [-0.4, -0.2) is 44.2 Å². The van der Waals surface area contributed by atoms with Gasteiger partial charge in [0.1, 0.15) is 12.4 Å². The summed E-state index contributed by atoms with van der Waals surface area (Å²) >= 11 is 4.29. The molecule has 1 N–H and O–H groups in total. The maximum atomic E-state index is 11.4. The Labute approximate surface area is 156 Å². The molecule has 0 aliphatic carbocycles. The Balaban J connectivity index is 1.96. The molecule has 0 bridgehead atoms. The molecule has 1 aromatic rings. The van der Waals surface area contributed by atoms with Crippen LogP contribution in [0.15, 0.2) is 24.3 Å². The van der Waals surface area contributed by atoms with Crippen LogP contribution in [0.4, 0.5) is 5.69 Å². The number of anilines is 1. The van der Waals surface area contributed by atoms with E-state index in [-0.39, 0.29) is 23.7 Å². The zero-order valence-electron chi connectivity index (χ0n) is 15.5. The summed E-state index contributed by atoms with van der Waals surface area (Å²) in [6.07, 6.45) is 1.63. The molecule has 0 saturated carbocycles. The van der Waals surface area contributed by atoms with Gasteiger partial charge in [-0.1, -0.05) is 13.8 Å². The van der Waals surface area contributed by atoms with Crippen molar-refractivity contribution in [3.63, 3.8) is 0 Å². The molecule has 1 aromatic carbocycles. The lowest BCUT2D eigenvalue weighted by molar-refractivity contribution is -0.126. The topological polar surface area (TPSA) is 56.8 Å². The molecule has 0 aliphatic heterocycles. The summed E-state index contributed by atoms with van der Waals surface area (Å²) in [6, 6.07) is 7.83. The third kappa shape index (κ3) is 11.1. The summed E-state index contributed by atoms with van der Waals surface area (Å²) in [7, 11) is 0. The minimum Gasteiger partial charge on any atom is -0.494 e. The van der Waals surface area contributed by atoms with Gasteiger partial charge >= 0.3 is 0 Å². The summed E-state index contributed by atoms with van der Waals surface area (Å²) in [6.45, 7) is 8.40. The largest absolute Gasteiger partial charge is 0.494 e. The fraction of sp³-hybridized carbons (Fsp3) is 0.632. The molecule has 142 valence electrons. The Morgan fingerprint density at radius 1 is 1.00 bits per heavy atom. The van der Waals surface area contributed by atoms with Crippen LogP contribution in [0.1, 0.15) is 33.6 Å². The average Bonchev–Trinajstić information content (AvgIpc) is 2.57. The van der Waals surface area contributed by atoms with Crippen molar-refractivity contribution in [2.75, 3.05) is 38.4 Å². The van der Waals surface area contributed by atoms with Gasteiger partial charge < -0.3 is 19.5 Å². The maximum Gasteiger partial charge on any atom is 0.160 e. The molecule has 0 saturated heterocycles. The van der Waals surface area contributed by atoms with Gasteiger partial charge in [0.15, 0.2) is 5.78 Å². The number of Topliss-reactive ketones (excluding diaryl/α,β-unsaturated/α-hetero) is 1. The van der Waals surface area contributed by atoms with E-state index in [1.807, 2.05) is 45.0 Å². The second kappa shape index (κ2) is 13.0. The lowest BCUT2D eigenvalue weighted by Crippen LogP contribution is -2.15. The minimum atomic E-state index is 0.0373. The molecule has 1 atom stereocenters. The van der Waals surface area contributed by atoms with E-state index >= 15 is 0 Å². The zero-order chi connectivity index (χ0) is 18.5. The first-order valence-electron chi connectivity index (χ1n) is 8.84. The molecule has 0 aromatic heterocycles. The predicted molar refractivity (Wildman–Crippen MR) is 105 cm³/mol. The second-order valence-electron chi connectivity index (χ2n) is 6.19. The molecule has 25 heavy (non-hydrogen) atoms. The number of ketones is 1. The summed E-state index contributed by atoms with van der Waals surface area (Å²) in [5, 5.41) is 3.32. The summed E-state index contributed by atoms with van der Waals surface area (Å²) in [5.41, 5.74) is 1.02. The van der Waals surface area contributed by atoms with Crippen molar-refractivity contribution < 1.29 is 19.0 Å². The van der Waals surface area contributed by atoms with E-state index in [0.29, 0.717) is 26.4 Å². The molecule has 0 heterocycles. The first-order valence-corrected chi connectivity index (χ1v) is 9.36. The number of ether oxygens (including phenoxy) is 3.